The normalized spacial score (nSPS) is 25.9. The zero-order valence-corrected chi connectivity index (χ0v) is 9.74. The summed E-state index contributed by atoms with van der Waals surface area (Å²) in [6.45, 7) is 12.0. The summed E-state index contributed by atoms with van der Waals surface area (Å²) in [7, 11) is 0. The number of likely N-dealkylation sites (N-methyl/N-ethyl adjacent to an activating group) is 1. The predicted molar refractivity (Wildman–Crippen MR) is 59.4 cm³/mol. The van der Waals surface area contributed by atoms with E-state index in [2.05, 4.69) is 30.6 Å². The molecule has 3 nitrogen and oxygen atoms in total. The number of nitrogens with zero attached hydrogens (tertiary/aromatic N) is 2. The number of likely N-dealkylation sites (tertiary alicyclic amines) is 1. The summed E-state index contributed by atoms with van der Waals surface area (Å²) in [4.78, 5) is 4.83. The highest BCUT2D eigenvalue weighted by atomic mass is 16.3. The Labute approximate surface area is 87.7 Å². The summed E-state index contributed by atoms with van der Waals surface area (Å²) in [5.74, 6) is 0. The molecule has 0 aliphatic carbocycles. The van der Waals surface area contributed by atoms with Gasteiger partial charge in [-0.05, 0) is 26.4 Å². The van der Waals surface area contributed by atoms with E-state index in [0.29, 0.717) is 6.04 Å². The van der Waals surface area contributed by atoms with Gasteiger partial charge >= 0.3 is 0 Å². The molecule has 0 aromatic heterocycles. The standard InChI is InChI=1S/C11H24N2O/c1-4-13(5-2)10(3)8-12-7-6-11(14)9-12/h10-11,14H,4-9H2,1-3H3. The topological polar surface area (TPSA) is 26.7 Å². The van der Waals surface area contributed by atoms with Crippen molar-refractivity contribution in [1.82, 2.24) is 9.80 Å². The minimum atomic E-state index is -0.0843. The lowest BCUT2D eigenvalue weighted by Gasteiger charge is -2.29. The van der Waals surface area contributed by atoms with Gasteiger partial charge in [0.15, 0.2) is 0 Å². The van der Waals surface area contributed by atoms with Crippen molar-refractivity contribution in [2.45, 2.75) is 39.3 Å². The van der Waals surface area contributed by atoms with Gasteiger partial charge in [-0.3, -0.25) is 9.80 Å². The van der Waals surface area contributed by atoms with Crippen molar-refractivity contribution in [3.63, 3.8) is 0 Å². The summed E-state index contributed by atoms with van der Waals surface area (Å²) in [6.07, 6.45) is 0.865. The molecule has 1 N–H and O–H groups in total. The fourth-order valence-corrected chi connectivity index (χ4v) is 2.31. The van der Waals surface area contributed by atoms with Crippen LogP contribution < -0.4 is 0 Å². The molecule has 0 aromatic carbocycles. The Balaban J connectivity index is 2.28. The molecule has 2 unspecified atom stereocenters. The van der Waals surface area contributed by atoms with Crippen molar-refractivity contribution < 1.29 is 5.11 Å². The fourth-order valence-electron chi connectivity index (χ4n) is 2.31. The molecule has 84 valence electrons. The van der Waals surface area contributed by atoms with Crippen LogP contribution in [0.4, 0.5) is 0 Å². The molecule has 1 saturated heterocycles. The quantitative estimate of drug-likeness (QED) is 0.710. The van der Waals surface area contributed by atoms with E-state index in [9.17, 15) is 5.11 Å². The highest BCUT2D eigenvalue weighted by molar-refractivity contribution is 4.78. The molecule has 0 spiro atoms. The van der Waals surface area contributed by atoms with E-state index in [1.807, 2.05) is 0 Å². The maximum absolute atomic E-state index is 9.41. The molecule has 1 aliphatic rings. The third kappa shape index (κ3) is 3.23. The lowest BCUT2D eigenvalue weighted by molar-refractivity contribution is 0.148. The molecular formula is C11H24N2O. The van der Waals surface area contributed by atoms with Crippen LogP contribution in [-0.4, -0.2) is 59.8 Å². The minimum Gasteiger partial charge on any atom is -0.392 e. The van der Waals surface area contributed by atoms with Gasteiger partial charge < -0.3 is 5.11 Å². The van der Waals surface area contributed by atoms with Crippen LogP contribution in [0, 0.1) is 0 Å². The third-order valence-electron chi connectivity index (χ3n) is 3.21. The van der Waals surface area contributed by atoms with Crippen LogP contribution >= 0.6 is 0 Å². The first-order chi connectivity index (χ1) is 6.67. The van der Waals surface area contributed by atoms with Gasteiger partial charge in [0.25, 0.3) is 0 Å². The first-order valence-corrected chi connectivity index (χ1v) is 5.81. The van der Waals surface area contributed by atoms with Crippen LogP contribution in [-0.2, 0) is 0 Å². The van der Waals surface area contributed by atoms with Gasteiger partial charge in [0, 0.05) is 25.7 Å². The summed E-state index contributed by atoms with van der Waals surface area (Å²) in [5.41, 5.74) is 0. The molecule has 0 radical (unpaired) electrons. The van der Waals surface area contributed by atoms with Gasteiger partial charge in [0.05, 0.1) is 6.10 Å². The second kappa shape index (κ2) is 5.69. The van der Waals surface area contributed by atoms with Gasteiger partial charge in [-0.2, -0.15) is 0 Å². The Kier molecular flexibility index (Phi) is 4.85. The van der Waals surface area contributed by atoms with E-state index in [1.54, 1.807) is 0 Å². The Bertz CT molecular complexity index is 159. The summed E-state index contributed by atoms with van der Waals surface area (Å²) >= 11 is 0. The zero-order valence-electron chi connectivity index (χ0n) is 9.74. The SMILES string of the molecule is CCN(CC)C(C)CN1CCC(O)C1. The van der Waals surface area contributed by atoms with Gasteiger partial charge in [-0.15, -0.1) is 0 Å². The van der Waals surface area contributed by atoms with Gasteiger partial charge in [0.1, 0.15) is 0 Å². The molecule has 0 aromatic rings. The van der Waals surface area contributed by atoms with Crippen LogP contribution in [0.5, 0.6) is 0 Å². The smallest absolute Gasteiger partial charge is 0.0679 e. The number of β-amino-alcohol motifs (C(OH)–C–C–N with tert-alkyl or cyclic N) is 1. The monoisotopic (exact) mass is 200 g/mol. The van der Waals surface area contributed by atoms with Crippen molar-refractivity contribution in [3.05, 3.63) is 0 Å². The minimum absolute atomic E-state index is 0.0843. The van der Waals surface area contributed by atoms with Crippen molar-refractivity contribution >= 4 is 0 Å². The number of aliphatic hydroxyl groups is 1. The maximum Gasteiger partial charge on any atom is 0.0679 e. The molecular weight excluding hydrogens is 176 g/mol. The summed E-state index contributed by atoms with van der Waals surface area (Å²) < 4.78 is 0. The number of hydrogen-bond donors (Lipinski definition) is 1. The van der Waals surface area contributed by atoms with E-state index in [1.165, 1.54) is 0 Å². The van der Waals surface area contributed by atoms with Crippen molar-refractivity contribution in [2.24, 2.45) is 0 Å². The third-order valence-corrected chi connectivity index (χ3v) is 3.21. The fraction of sp³-hybridized carbons (Fsp3) is 1.00. The van der Waals surface area contributed by atoms with Crippen molar-refractivity contribution in [3.8, 4) is 0 Å². The Morgan fingerprint density at radius 3 is 2.50 bits per heavy atom. The second-order valence-electron chi connectivity index (χ2n) is 4.27. The van der Waals surface area contributed by atoms with Crippen LogP contribution in [0.2, 0.25) is 0 Å². The second-order valence-corrected chi connectivity index (χ2v) is 4.27. The van der Waals surface area contributed by atoms with Gasteiger partial charge in [0.2, 0.25) is 0 Å². The van der Waals surface area contributed by atoms with E-state index in [0.717, 1.165) is 39.1 Å². The Hall–Kier alpha value is -0.120. The van der Waals surface area contributed by atoms with Crippen LogP contribution in [0.1, 0.15) is 27.2 Å². The lowest BCUT2D eigenvalue weighted by atomic mass is 10.2. The Morgan fingerprint density at radius 2 is 2.07 bits per heavy atom. The van der Waals surface area contributed by atoms with Gasteiger partial charge in [-0.1, -0.05) is 13.8 Å². The number of hydrogen-bond acceptors (Lipinski definition) is 3. The predicted octanol–water partition coefficient (Wildman–Crippen LogP) is 0.783. The molecule has 0 amide bonds. The molecule has 1 fully saturated rings. The molecule has 3 heteroatoms. The average Bonchev–Trinajstić information content (AvgIpc) is 2.53. The van der Waals surface area contributed by atoms with Gasteiger partial charge in [-0.25, -0.2) is 0 Å². The summed E-state index contributed by atoms with van der Waals surface area (Å²) in [5, 5.41) is 9.41. The van der Waals surface area contributed by atoms with E-state index in [-0.39, 0.29) is 6.10 Å². The molecule has 1 heterocycles. The maximum atomic E-state index is 9.41. The Morgan fingerprint density at radius 1 is 1.43 bits per heavy atom. The average molecular weight is 200 g/mol. The number of aliphatic hydroxyl groups excluding tert-OH is 1. The molecule has 14 heavy (non-hydrogen) atoms. The van der Waals surface area contributed by atoms with E-state index >= 15 is 0 Å². The first-order valence-electron chi connectivity index (χ1n) is 5.81. The molecule has 2 atom stereocenters. The van der Waals surface area contributed by atoms with Crippen molar-refractivity contribution in [2.75, 3.05) is 32.7 Å². The number of rotatable bonds is 5. The summed E-state index contributed by atoms with van der Waals surface area (Å²) in [6, 6.07) is 0.607. The molecule has 0 saturated carbocycles. The first kappa shape index (κ1) is 12.0. The van der Waals surface area contributed by atoms with Crippen molar-refractivity contribution in [1.29, 1.82) is 0 Å². The molecule has 0 bridgehead atoms. The lowest BCUT2D eigenvalue weighted by Crippen LogP contribution is -2.41. The van der Waals surface area contributed by atoms with Crippen LogP contribution in [0.3, 0.4) is 0 Å². The molecule has 1 aliphatic heterocycles. The highest BCUT2D eigenvalue weighted by Gasteiger charge is 2.22. The van der Waals surface area contributed by atoms with Crippen LogP contribution in [0.15, 0.2) is 0 Å². The van der Waals surface area contributed by atoms with E-state index in [4.69, 9.17) is 0 Å². The largest absolute Gasteiger partial charge is 0.392 e. The zero-order chi connectivity index (χ0) is 10.6. The van der Waals surface area contributed by atoms with Crippen LogP contribution in [0.25, 0.3) is 0 Å². The molecule has 1 rings (SSSR count). The highest BCUT2D eigenvalue weighted by Crippen LogP contribution is 2.10. The van der Waals surface area contributed by atoms with E-state index < -0.39 is 0 Å².